The summed E-state index contributed by atoms with van der Waals surface area (Å²) in [6.45, 7) is 2.95. The number of anilines is 2. The van der Waals surface area contributed by atoms with Crippen molar-refractivity contribution in [3.63, 3.8) is 0 Å². The van der Waals surface area contributed by atoms with Gasteiger partial charge in [0.05, 0.1) is 28.2 Å². The van der Waals surface area contributed by atoms with Gasteiger partial charge in [-0.3, -0.25) is 14.7 Å². The number of carbonyl (C=O) groups excluding carboxylic acids is 2. The number of carbonyl (C=O) groups is 2. The lowest BCUT2D eigenvalue weighted by atomic mass is 10.1. The van der Waals surface area contributed by atoms with Crippen LogP contribution in [0, 0.1) is 12.7 Å². The summed E-state index contributed by atoms with van der Waals surface area (Å²) in [6.07, 6.45) is 0. The van der Waals surface area contributed by atoms with Crippen LogP contribution in [0.25, 0.3) is 10.9 Å². The number of rotatable bonds is 5. The summed E-state index contributed by atoms with van der Waals surface area (Å²) in [4.78, 5) is 34.8. The quantitative estimate of drug-likeness (QED) is 0.344. The Morgan fingerprint density at radius 1 is 1.16 bits per heavy atom. The second-order valence-electron chi connectivity index (χ2n) is 6.96. The van der Waals surface area contributed by atoms with Gasteiger partial charge in [-0.15, -0.1) is 11.3 Å². The molecule has 4 aromatic rings. The number of halogens is 2. The number of ether oxygens (including phenoxy) is 1. The van der Waals surface area contributed by atoms with E-state index in [-0.39, 0.29) is 23.3 Å². The summed E-state index contributed by atoms with van der Waals surface area (Å²) in [7, 11) is 0. The van der Waals surface area contributed by atoms with Crippen molar-refractivity contribution in [2.75, 3.05) is 4.90 Å². The minimum absolute atomic E-state index is 0.106. The monoisotopic (exact) mass is 469 g/mol. The number of amides is 1. The average Bonchev–Trinajstić information content (AvgIpc) is 3.21. The van der Waals surface area contributed by atoms with Gasteiger partial charge in [0, 0.05) is 22.7 Å². The van der Waals surface area contributed by atoms with Crippen LogP contribution in [0.15, 0.2) is 53.9 Å². The van der Waals surface area contributed by atoms with Gasteiger partial charge in [-0.2, -0.15) is 0 Å². The number of esters is 1. The molecule has 32 heavy (non-hydrogen) atoms. The molecule has 0 aliphatic carbocycles. The van der Waals surface area contributed by atoms with Crippen LogP contribution in [-0.2, 0) is 16.1 Å². The summed E-state index contributed by atoms with van der Waals surface area (Å²) >= 11 is 7.19. The molecule has 0 saturated heterocycles. The van der Waals surface area contributed by atoms with Gasteiger partial charge in [0.1, 0.15) is 12.4 Å². The van der Waals surface area contributed by atoms with E-state index in [0.29, 0.717) is 22.0 Å². The highest BCUT2D eigenvalue weighted by atomic mass is 35.5. The van der Waals surface area contributed by atoms with Crippen LogP contribution in [0.2, 0.25) is 5.02 Å². The number of nitrogens with zero attached hydrogens (tertiary/aromatic N) is 3. The molecular formula is C23H17ClFN3O3S. The highest BCUT2D eigenvalue weighted by Crippen LogP contribution is 2.31. The Kier molecular flexibility index (Phi) is 6.16. The van der Waals surface area contributed by atoms with Gasteiger partial charge in [0.25, 0.3) is 0 Å². The van der Waals surface area contributed by atoms with Crippen LogP contribution >= 0.6 is 22.9 Å². The minimum atomic E-state index is -0.552. The number of pyridine rings is 1. The van der Waals surface area contributed by atoms with Crippen molar-refractivity contribution in [2.24, 2.45) is 0 Å². The molecule has 0 unspecified atom stereocenters. The molecule has 0 saturated carbocycles. The Morgan fingerprint density at radius 2 is 1.94 bits per heavy atom. The van der Waals surface area contributed by atoms with E-state index in [0.717, 1.165) is 22.2 Å². The summed E-state index contributed by atoms with van der Waals surface area (Å²) in [5.41, 5.74) is 2.13. The molecule has 162 valence electrons. The zero-order chi connectivity index (χ0) is 22.8. The number of aryl methyl sites for hydroxylation is 1. The molecule has 0 fully saturated rings. The van der Waals surface area contributed by atoms with Crippen LogP contribution in [0.1, 0.15) is 28.7 Å². The fourth-order valence-corrected chi connectivity index (χ4v) is 4.22. The van der Waals surface area contributed by atoms with Crippen LogP contribution in [0.4, 0.5) is 15.2 Å². The Hall–Kier alpha value is -3.36. The highest BCUT2D eigenvalue weighted by Gasteiger charge is 2.21. The van der Waals surface area contributed by atoms with Gasteiger partial charge in [-0.05, 0) is 43.3 Å². The standard InChI is InChI=1S/C23H17ClFN3O3S/c1-13-18(10-15-9-16(24)7-8-20(15)26-13)22(30)31-11-17-12-32-23(27-17)28(14(2)29)21-6-4-3-5-19(21)25/h3-10,12H,11H2,1-2H3. The fourth-order valence-electron chi connectivity index (χ4n) is 3.17. The number of hydrogen-bond acceptors (Lipinski definition) is 6. The molecule has 0 bridgehead atoms. The van der Waals surface area contributed by atoms with E-state index in [9.17, 15) is 14.0 Å². The number of benzene rings is 2. The normalized spacial score (nSPS) is 10.9. The lowest BCUT2D eigenvalue weighted by Crippen LogP contribution is -2.23. The van der Waals surface area contributed by atoms with Crippen molar-refractivity contribution in [3.8, 4) is 0 Å². The zero-order valence-corrected chi connectivity index (χ0v) is 18.7. The molecule has 2 heterocycles. The first-order chi connectivity index (χ1) is 15.3. The maximum Gasteiger partial charge on any atom is 0.340 e. The SMILES string of the molecule is CC(=O)N(c1nc(COC(=O)c2cc3cc(Cl)ccc3nc2C)cs1)c1ccccc1F. The molecular weight excluding hydrogens is 453 g/mol. The summed E-state index contributed by atoms with van der Waals surface area (Å²) in [6, 6.07) is 12.9. The molecule has 2 aromatic carbocycles. The second-order valence-corrected chi connectivity index (χ2v) is 8.23. The molecule has 4 rings (SSSR count). The summed E-state index contributed by atoms with van der Waals surface area (Å²) in [5.74, 6) is -1.47. The molecule has 0 atom stereocenters. The molecule has 1 amide bonds. The number of para-hydroxylation sites is 1. The van der Waals surface area contributed by atoms with E-state index < -0.39 is 11.8 Å². The van der Waals surface area contributed by atoms with Gasteiger partial charge in [0.2, 0.25) is 5.91 Å². The van der Waals surface area contributed by atoms with Gasteiger partial charge in [0.15, 0.2) is 5.13 Å². The first kappa shape index (κ1) is 21.9. The molecule has 0 spiro atoms. The maximum atomic E-state index is 14.2. The molecule has 9 heteroatoms. The molecule has 2 aromatic heterocycles. The maximum absolute atomic E-state index is 14.2. The van der Waals surface area contributed by atoms with E-state index in [4.69, 9.17) is 16.3 Å². The van der Waals surface area contributed by atoms with Gasteiger partial charge < -0.3 is 4.74 Å². The predicted octanol–water partition coefficient (Wildman–Crippen LogP) is 5.83. The smallest absolute Gasteiger partial charge is 0.340 e. The largest absolute Gasteiger partial charge is 0.455 e. The van der Waals surface area contributed by atoms with E-state index in [2.05, 4.69) is 9.97 Å². The average molecular weight is 470 g/mol. The van der Waals surface area contributed by atoms with Gasteiger partial charge in [-0.25, -0.2) is 14.2 Å². The van der Waals surface area contributed by atoms with Crippen molar-refractivity contribution in [1.82, 2.24) is 9.97 Å². The van der Waals surface area contributed by atoms with Crippen molar-refractivity contribution in [1.29, 1.82) is 0 Å². The molecule has 6 nitrogen and oxygen atoms in total. The van der Waals surface area contributed by atoms with Crippen molar-refractivity contribution >= 4 is 56.5 Å². The summed E-state index contributed by atoms with van der Waals surface area (Å²) in [5, 5.41) is 3.21. The van der Waals surface area contributed by atoms with Crippen LogP contribution in [0.3, 0.4) is 0 Å². The lowest BCUT2D eigenvalue weighted by molar-refractivity contribution is -0.115. The van der Waals surface area contributed by atoms with E-state index >= 15 is 0 Å². The lowest BCUT2D eigenvalue weighted by Gasteiger charge is -2.18. The number of aromatic nitrogens is 2. The summed E-state index contributed by atoms with van der Waals surface area (Å²) < 4.78 is 19.6. The Bertz CT molecular complexity index is 1340. The van der Waals surface area contributed by atoms with E-state index in [1.54, 1.807) is 48.7 Å². The Labute approximate surface area is 192 Å². The van der Waals surface area contributed by atoms with E-state index in [1.807, 2.05) is 0 Å². The third kappa shape index (κ3) is 4.46. The highest BCUT2D eigenvalue weighted by molar-refractivity contribution is 7.14. The number of fused-ring (bicyclic) bond motifs is 1. The second kappa shape index (κ2) is 9.02. The van der Waals surface area contributed by atoms with E-state index in [1.165, 1.54) is 24.0 Å². The third-order valence-corrected chi connectivity index (χ3v) is 5.79. The van der Waals surface area contributed by atoms with Crippen LogP contribution in [0.5, 0.6) is 0 Å². The number of thiazole rings is 1. The Morgan fingerprint density at radius 3 is 2.69 bits per heavy atom. The van der Waals surface area contributed by atoms with Gasteiger partial charge >= 0.3 is 5.97 Å². The van der Waals surface area contributed by atoms with Crippen LogP contribution < -0.4 is 4.90 Å². The fraction of sp³-hybridized carbons (Fsp3) is 0.130. The predicted molar refractivity (Wildman–Crippen MR) is 122 cm³/mol. The van der Waals surface area contributed by atoms with Crippen molar-refractivity contribution in [2.45, 2.75) is 20.5 Å². The van der Waals surface area contributed by atoms with Crippen LogP contribution in [-0.4, -0.2) is 21.8 Å². The molecule has 0 aliphatic rings. The minimum Gasteiger partial charge on any atom is -0.455 e. The third-order valence-electron chi connectivity index (χ3n) is 4.68. The first-order valence-electron chi connectivity index (χ1n) is 9.57. The van der Waals surface area contributed by atoms with Crippen molar-refractivity contribution in [3.05, 3.63) is 81.7 Å². The first-order valence-corrected chi connectivity index (χ1v) is 10.8. The number of hydrogen-bond donors (Lipinski definition) is 0. The molecule has 0 radical (unpaired) electrons. The topological polar surface area (TPSA) is 72.4 Å². The molecule has 0 N–H and O–H groups in total. The Balaban J connectivity index is 1.52. The zero-order valence-electron chi connectivity index (χ0n) is 17.1. The van der Waals surface area contributed by atoms with Crippen molar-refractivity contribution < 1.29 is 18.7 Å². The van der Waals surface area contributed by atoms with Gasteiger partial charge in [-0.1, -0.05) is 23.7 Å². The molecule has 0 aliphatic heterocycles.